The highest BCUT2D eigenvalue weighted by atomic mass is 16.3. The largest absolute Gasteiger partial charge is 0.455 e. The number of furan rings is 2. The van der Waals surface area contributed by atoms with E-state index in [-0.39, 0.29) is 21.7 Å². The molecule has 5 aliphatic rings. The quantitative estimate of drug-likeness (QED) is 0.166. The monoisotopic (exact) mass is 1270 g/mol. The van der Waals surface area contributed by atoms with Crippen molar-refractivity contribution in [3.63, 3.8) is 0 Å². The van der Waals surface area contributed by atoms with Crippen molar-refractivity contribution < 1.29 is 8.83 Å². The first-order chi connectivity index (χ1) is 48.0. The van der Waals surface area contributed by atoms with Crippen LogP contribution in [-0.4, -0.2) is 0 Å². The molecule has 2 nitrogen and oxygen atoms in total. The van der Waals surface area contributed by atoms with Gasteiger partial charge in [0.1, 0.15) is 22.3 Å². The fourth-order valence-electron chi connectivity index (χ4n) is 18.9. The van der Waals surface area contributed by atoms with Crippen molar-refractivity contribution in [1.29, 1.82) is 0 Å². The van der Waals surface area contributed by atoms with Crippen LogP contribution in [0.4, 0.5) is 0 Å². The predicted octanol–water partition coefficient (Wildman–Crippen LogP) is 26.3. The minimum atomic E-state index is -0.147. The average molecular weight is 1270 g/mol. The van der Waals surface area contributed by atoms with Crippen molar-refractivity contribution in [3.8, 4) is 122 Å². The van der Waals surface area contributed by atoms with E-state index < -0.39 is 0 Å². The van der Waals surface area contributed by atoms with E-state index in [1.807, 2.05) is 0 Å². The van der Waals surface area contributed by atoms with Crippen LogP contribution >= 0.6 is 0 Å². The molecule has 16 aromatic rings. The Morgan fingerprint density at radius 1 is 0.202 bits per heavy atom. The molecule has 0 aliphatic heterocycles. The zero-order valence-electron chi connectivity index (χ0n) is 56.9. The topological polar surface area (TPSA) is 26.3 Å². The number of hydrogen-bond acceptors (Lipinski definition) is 2. The first-order valence-corrected chi connectivity index (χ1v) is 35.3. The van der Waals surface area contributed by atoms with E-state index in [9.17, 15) is 0 Å². The molecule has 0 fully saturated rings. The number of benzene rings is 14. The molecular formula is C97H70O2. The molecular weight excluding hydrogens is 1200 g/mol. The molecule has 2 aromatic heterocycles. The SMILES string of the molecule is CC1(C)c2ccccc2-c2ccc(-c3ccc4oc5c(-c6ccc7c(c6)-c6cc(-c8cc(-c9ccc%10c(c9)C(C)(C)c9ccccc9-%10)cc9c8oc8ccc(-c%10ccc%11c(c%10)C(C)(C)c%10ccccc%10-%11)cc89)ccc6C7)cc(-c6ccc7c(c6)C(C)(C)c6ccccc6-7)cc5c4c3)cc21. The highest BCUT2D eigenvalue weighted by Gasteiger charge is 2.40. The van der Waals surface area contributed by atoms with Gasteiger partial charge in [0.05, 0.1) is 0 Å². The Bertz CT molecular complexity index is 5940. The summed E-state index contributed by atoms with van der Waals surface area (Å²) in [6.45, 7) is 19.0. The Kier molecular flexibility index (Phi) is 11.3. The van der Waals surface area contributed by atoms with Gasteiger partial charge in [0, 0.05) is 54.3 Å². The zero-order chi connectivity index (χ0) is 66.3. The highest BCUT2D eigenvalue weighted by Crippen LogP contribution is 2.56. The molecule has 0 amide bonds. The smallest absolute Gasteiger partial charge is 0.143 e. The Labute approximate surface area is 577 Å². The van der Waals surface area contributed by atoms with E-state index in [4.69, 9.17) is 8.83 Å². The van der Waals surface area contributed by atoms with E-state index in [1.165, 1.54) is 156 Å². The van der Waals surface area contributed by atoms with Gasteiger partial charge in [0.15, 0.2) is 0 Å². The molecule has 14 aromatic carbocycles. The van der Waals surface area contributed by atoms with Gasteiger partial charge in [-0.1, -0.05) is 237 Å². The summed E-state index contributed by atoms with van der Waals surface area (Å²) in [5.74, 6) is 0. The summed E-state index contributed by atoms with van der Waals surface area (Å²) >= 11 is 0. The van der Waals surface area contributed by atoms with Crippen LogP contribution in [0.2, 0.25) is 0 Å². The minimum Gasteiger partial charge on any atom is -0.455 e. The standard InChI is InChI=1S/C97H70O2/c1-94(2)82-21-13-9-17-66(82)70-35-29-56(50-86(70)94)54-33-39-90-78(42-54)80-48-64(58-31-37-72-68-19-11-15-23-84(68)96(5,6)88(72)52-58)46-76(92(80)98-90)62-27-25-60-41-61-26-28-63(45-75(61)74(60)44-62)77-47-65(59-32-38-73-69-20-12-16-24-85(69)97(7,8)89(73)53-59)49-81-79-43-55(34-40-91(79)99-93(77)81)57-30-36-71-67-18-10-14-22-83(67)95(3,4)87(71)51-57/h9-40,42-53H,41H2,1-8H3. The fraction of sp³-hybridized carbons (Fsp3) is 0.134. The van der Waals surface area contributed by atoms with Gasteiger partial charge in [-0.05, 0) is 258 Å². The summed E-state index contributed by atoms with van der Waals surface area (Å²) < 4.78 is 14.4. The molecule has 0 saturated heterocycles. The van der Waals surface area contributed by atoms with Crippen LogP contribution in [0.15, 0.2) is 276 Å². The summed E-state index contributed by atoms with van der Waals surface area (Å²) in [7, 11) is 0. The van der Waals surface area contributed by atoms with Crippen LogP contribution in [0.5, 0.6) is 0 Å². The second-order valence-corrected chi connectivity index (χ2v) is 31.1. The molecule has 0 atom stereocenters. The van der Waals surface area contributed by atoms with E-state index in [2.05, 4.69) is 322 Å². The summed E-state index contributed by atoms with van der Waals surface area (Å²) in [6, 6.07) is 102. The molecule has 0 saturated carbocycles. The summed E-state index contributed by atoms with van der Waals surface area (Å²) in [6.07, 6.45) is 0.857. The molecule has 0 unspecified atom stereocenters. The Hall–Kier alpha value is -11.3. The lowest BCUT2D eigenvalue weighted by Gasteiger charge is -2.22. The molecule has 2 heteroatoms. The van der Waals surface area contributed by atoms with Crippen LogP contribution in [0.1, 0.15) is 111 Å². The molecule has 99 heavy (non-hydrogen) atoms. The van der Waals surface area contributed by atoms with Crippen LogP contribution in [0, 0.1) is 0 Å². The fourth-order valence-corrected chi connectivity index (χ4v) is 18.9. The predicted molar refractivity (Wildman–Crippen MR) is 412 cm³/mol. The number of rotatable bonds is 6. The summed E-state index contributed by atoms with van der Waals surface area (Å²) in [5.41, 5.74) is 43.7. The second kappa shape index (κ2) is 19.7. The molecule has 21 rings (SSSR count). The van der Waals surface area contributed by atoms with Crippen molar-refractivity contribution in [2.75, 3.05) is 0 Å². The molecule has 0 spiro atoms. The van der Waals surface area contributed by atoms with Gasteiger partial charge < -0.3 is 8.83 Å². The van der Waals surface area contributed by atoms with Gasteiger partial charge in [-0.2, -0.15) is 0 Å². The normalized spacial score (nSPS) is 15.4. The van der Waals surface area contributed by atoms with Crippen molar-refractivity contribution in [2.24, 2.45) is 0 Å². The molecule has 0 bridgehead atoms. The maximum Gasteiger partial charge on any atom is 0.143 e. The third-order valence-corrected chi connectivity index (χ3v) is 24.3. The summed E-state index contributed by atoms with van der Waals surface area (Å²) in [5, 5.41) is 4.45. The van der Waals surface area contributed by atoms with Crippen molar-refractivity contribution in [1.82, 2.24) is 0 Å². The molecule has 5 aliphatic carbocycles. The van der Waals surface area contributed by atoms with Gasteiger partial charge >= 0.3 is 0 Å². The van der Waals surface area contributed by atoms with Crippen molar-refractivity contribution in [2.45, 2.75) is 83.5 Å². The molecule has 470 valence electrons. The van der Waals surface area contributed by atoms with Crippen LogP contribution in [0.3, 0.4) is 0 Å². The van der Waals surface area contributed by atoms with Crippen molar-refractivity contribution >= 4 is 43.9 Å². The van der Waals surface area contributed by atoms with E-state index in [0.717, 1.165) is 72.6 Å². The lowest BCUT2D eigenvalue weighted by molar-refractivity contribution is 0.660. The Morgan fingerprint density at radius 2 is 0.465 bits per heavy atom. The number of fused-ring (bicyclic) bond motifs is 21. The van der Waals surface area contributed by atoms with Crippen LogP contribution < -0.4 is 0 Å². The second-order valence-electron chi connectivity index (χ2n) is 31.1. The average Bonchev–Trinajstić information content (AvgIpc) is 1.61. The summed E-state index contributed by atoms with van der Waals surface area (Å²) in [4.78, 5) is 0. The lowest BCUT2D eigenvalue weighted by Crippen LogP contribution is -2.14. The zero-order valence-corrected chi connectivity index (χ0v) is 56.9. The minimum absolute atomic E-state index is 0.106. The third-order valence-electron chi connectivity index (χ3n) is 24.3. The lowest BCUT2D eigenvalue weighted by atomic mass is 9.81. The Balaban J connectivity index is 0.719. The van der Waals surface area contributed by atoms with E-state index in [1.54, 1.807) is 0 Å². The molecule has 0 N–H and O–H groups in total. The maximum absolute atomic E-state index is 7.21. The molecule has 2 heterocycles. The van der Waals surface area contributed by atoms with Gasteiger partial charge in [-0.25, -0.2) is 0 Å². The van der Waals surface area contributed by atoms with E-state index >= 15 is 0 Å². The number of hydrogen-bond donors (Lipinski definition) is 0. The van der Waals surface area contributed by atoms with Crippen molar-refractivity contribution in [3.05, 3.63) is 323 Å². The third kappa shape index (κ3) is 7.89. The highest BCUT2D eigenvalue weighted by molar-refractivity contribution is 6.15. The van der Waals surface area contributed by atoms with Gasteiger partial charge in [0.25, 0.3) is 0 Å². The van der Waals surface area contributed by atoms with Gasteiger partial charge in [-0.3, -0.25) is 0 Å². The Morgan fingerprint density at radius 3 is 0.808 bits per heavy atom. The van der Waals surface area contributed by atoms with Crippen LogP contribution in [-0.2, 0) is 28.1 Å². The maximum atomic E-state index is 7.21. The van der Waals surface area contributed by atoms with Gasteiger partial charge in [-0.15, -0.1) is 0 Å². The van der Waals surface area contributed by atoms with E-state index in [0.29, 0.717) is 0 Å². The van der Waals surface area contributed by atoms with Crippen LogP contribution in [0.25, 0.3) is 166 Å². The first-order valence-electron chi connectivity index (χ1n) is 35.3. The first kappa shape index (κ1) is 56.8. The van der Waals surface area contributed by atoms with Gasteiger partial charge in [0.2, 0.25) is 0 Å². The molecule has 0 radical (unpaired) electrons.